The van der Waals surface area contributed by atoms with Crippen molar-refractivity contribution in [2.24, 2.45) is 16.6 Å². The highest BCUT2D eigenvalue weighted by Gasteiger charge is 2.25. The summed E-state index contributed by atoms with van der Waals surface area (Å²) >= 11 is 0. The summed E-state index contributed by atoms with van der Waals surface area (Å²) in [6.45, 7) is 3.26. The van der Waals surface area contributed by atoms with Crippen LogP contribution in [0.5, 0.6) is 11.5 Å². The molecule has 1 aliphatic carbocycles. The second-order valence-electron chi connectivity index (χ2n) is 8.23. The highest BCUT2D eigenvalue weighted by molar-refractivity contribution is 5.84. The molecule has 0 bridgehead atoms. The van der Waals surface area contributed by atoms with Gasteiger partial charge in [0.25, 0.3) is 0 Å². The fourth-order valence-corrected chi connectivity index (χ4v) is 4.19. The van der Waals surface area contributed by atoms with Crippen molar-refractivity contribution < 1.29 is 9.53 Å². The molecule has 1 aliphatic heterocycles. The van der Waals surface area contributed by atoms with E-state index in [2.05, 4.69) is 17.2 Å². The third-order valence-corrected chi connectivity index (χ3v) is 5.98. The number of nitrogens with zero attached hydrogens (tertiary/aromatic N) is 2. The Morgan fingerprint density at radius 1 is 1.17 bits per heavy atom. The first-order chi connectivity index (χ1) is 14.6. The van der Waals surface area contributed by atoms with Crippen molar-refractivity contribution in [3.63, 3.8) is 0 Å². The summed E-state index contributed by atoms with van der Waals surface area (Å²) in [6.07, 6.45) is 5.57. The number of nitrogens with one attached hydrogen (secondary N) is 1. The standard InChI is InChI=1S/C24H30N4O2/c1-17(15-26-23(29)18-8-4-2-5-9-18)28-16-19-14-21(12-13-22(19)27-24(28)25)30-20-10-6-3-7-11-20/h3,6-7,10-14,17-18H,2,4-5,8-9,15-16H2,1H3,(H2,25,27)(H,26,29). The van der Waals surface area contributed by atoms with Gasteiger partial charge in [-0.05, 0) is 50.1 Å². The van der Waals surface area contributed by atoms with Gasteiger partial charge < -0.3 is 20.7 Å². The number of fused-ring (bicyclic) bond motifs is 1. The second-order valence-corrected chi connectivity index (χ2v) is 8.23. The summed E-state index contributed by atoms with van der Waals surface area (Å²) in [5.41, 5.74) is 8.16. The number of nitrogens with two attached hydrogens (primary N) is 1. The Hall–Kier alpha value is -3.02. The lowest BCUT2D eigenvalue weighted by atomic mass is 9.88. The summed E-state index contributed by atoms with van der Waals surface area (Å²) in [4.78, 5) is 19.1. The van der Waals surface area contributed by atoms with Gasteiger partial charge in [-0.2, -0.15) is 0 Å². The van der Waals surface area contributed by atoms with Gasteiger partial charge in [0.05, 0.1) is 5.69 Å². The minimum absolute atomic E-state index is 0.0492. The Morgan fingerprint density at radius 3 is 2.70 bits per heavy atom. The van der Waals surface area contributed by atoms with E-state index in [-0.39, 0.29) is 17.9 Å². The zero-order valence-corrected chi connectivity index (χ0v) is 17.5. The number of ether oxygens (including phenoxy) is 1. The summed E-state index contributed by atoms with van der Waals surface area (Å²) in [7, 11) is 0. The molecule has 2 aromatic rings. The third-order valence-electron chi connectivity index (χ3n) is 5.98. The lowest BCUT2D eigenvalue weighted by Gasteiger charge is -2.34. The van der Waals surface area contributed by atoms with Crippen LogP contribution in [0, 0.1) is 5.92 Å². The van der Waals surface area contributed by atoms with Gasteiger partial charge in [0, 0.05) is 30.6 Å². The maximum atomic E-state index is 12.5. The molecule has 1 fully saturated rings. The number of rotatable bonds is 6. The Balaban J connectivity index is 1.39. The van der Waals surface area contributed by atoms with E-state index in [1.807, 2.05) is 53.4 Å². The molecule has 0 radical (unpaired) electrons. The molecule has 1 heterocycles. The van der Waals surface area contributed by atoms with E-state index in [0.717, 1.165) is 48.4 Å². The van der Waals surface area contributed by atoms with Gasteiger partial charge in [0.1, 0.15) is 11.5 Å². The molecule has 3 N–H and O–H groups in total. The monoisotopic (exact) mass is 406 g/mol. The van der Waals surface area contributed by atoms with Gasteiger partial charge in [-0.25, -0.2) is 4.99 Å². The Kier molecular flexibility index (Phi) is 6.21. The molecule has 1 atom stereocenters. The molecule has 2 aliphatic rings. The largest absolute Gasteiger partial charge is 0.457 e. The number of hydrogen-bond acceptors (Lipinski definition) is 5. The first-order valence-corrected chi connectivity index (χ1v) is 10.8. The molecule has 1 amide bonds. The van der Waals surface area contributed by atoms with Gasteiger partial charge in [0.2, 0.25) is 5.91 Å². The fraction of sp³-hybridized carbons (Fsp3) is 0.417. The SMILES string of the molecule is CC(CNC(=O)C1CCCCC1)N1Cc2cc(Oc3ccccc3)ccc2N=C1N. The molecular weight excluding hydrogens is 376 g/mol. The molecule has 0 saturated heterocycles. The summed E-state index contributed by atoms with van der Waals surface area (Å²) in [5, 5.41) is 3.12. The zero-order valence-electron chi connectivity index (χ0n) is 17.5. The maximum Gasteiger partial charge on any atom is 0.223 e. The number of carbonyl (C=O) groups excluding carboxylic acids is 1. The van der Waals surface area contributed by atoms with E-state index in [1.54, 1.807) is 0 Å². The van der Waals surface area contributed by atoms with Gasteiger partial charge in [-0.3, -0.25) is 4.79 Å². The van der Waals surface area contributed by atoms with Crippen molar-refractivity contribution in [1.29, 1.82) is 0 Å². The van der Waals surface area contributed by atoms with Crippen molar-refractivity contribution in [3.05, 3.63) is 54.1 Å². The van der Waals surface area contributed by atoms with Crippen LogP contribution in [-0.4, -0.2) is 29.4 Å². The van der Waals surface area contributed by atoms with E-state index >= 15 is 0 Å². The summed E-state index contributed by atoms with van der Waals surface area (Å²) < 4.78 is 5.96. The minimum Gasteiger partial charge on any atom is -0.457 e. The quantitative estimate of drug-likeness (QED) is 0.748. The molecule has 6 nitrogen and oxygen atoms in total. The molecule has 30 heavy (non-hydrogen) atoms. The van der Waals surface area contributed by atoms with Gasteiger partial charge in [-0.15, -0.1) is 0 Å². The van der Waals surface area contributed by atoms with E-state index in [1.165, 1.54) is 6.42 Å². The first-order valence-electron chi connectivity index (χ1n) is 10.8. The van der Waals surface area contributed by atoms with Gasteiger partial charge in [-0.1, -0.05) is 37.5 Å². The molecular formula is C24H30N4O2. The molecule has 1 unspecified atom stereocenters. The van der Waals surface area contributed by atoms with Crippen LogP contribution in [0.2, 0.25) is 0 Å². The normalized spacial score (nSPS) is 17.6. The van der Waals surface area contributed by atoms with Crippen LogP contribution in [-0.2, 0) is 11.3 Å². The van der Waals surface area contributed by atoms with E-state index < -0.39 is 0 Å². The van der Waals surface area contributed by atoms with Gasteiger partial charge in [0.15, 0.2) is 5.96 Å². The number of guanidine groups is 1. The van der Waals surface area contributed by atoms with Crippen LogP contribution < -0.4 is 15.8 Å². The first kappa shape index (κ1) is 20.3. The van der Waals surface area contributed by atoms with Crippen molar-refractivity contribution in [3.8, 4) is 11.5 Å². The molecule has 0 aromatic heterocycles. The molecule has 1 saturated carbocycles. The number of para-hydroxylation sites is 1. The average Bonchev–Trinajstić information content (AvgIpc) is 2.78. The number of hydrogen-bond donors (Lipinski definition) is 2. The van der Waals surface area contributed by atoms with E-state index in [4.69, 9.17) is 10.5 Å². The lowest BCUT2D eigenvalue weighted by molar-refractivity contribution is -0.126. The maximum absolute atomic E-state index is 12.5. The number of aliphatic imine (C=N–C) groups is 1. The third kappa shape index (κ3) is 4.75. The topological polar surface area (TPSA) is 80.0 Å². The number of amides is 1. The van der Waals surface area contributed by atoms with Crippen LogP contribution in [0.1, 0.15) is 44.6 Å². The van der Waals surface area contributed by atoms with Crippen LogP contribution in [0.3, 0.4) is 0 Å². The van der Waals surface area contributed by atoms with Crippen LogP contribution >= 0.6 is 0 Å². The summed E-state index contributed by atoms with van der Waals surface area (Å²) in [5.74, 6) is 2.39. The van der Waals surface area contributed by atoms with Crippen LogP contribution in [0.4, 0.5) is 5.69 Å². The summed E-state index contributed by atoms with van der Waals surface area (Å²) in [6, 6.07) is 15.6. The van der Waals surface area contributed by atoms with Crippen molar-refractivity contribution in [1.82, 2.24) is 10.2 Å². The number of carbonyl (C=O) groups is 1. The lowest BCUT2D eigenvalue weighted by Crippen LogP contribution is -2.49. The van der Waals surface area contributed by atoms with Crippen molar-refractivity contribution >= 4 is 17.6 Å². The fourth-order valence-electron chi connectivity index (χ4n) is 4.19. The number of benzene rings is 2. The minimum atomic E-state index is 0.0492. The molecule has 2 aromatic carbocycles. The van der Waals surface area contributed by atoms with E-state index in [0.29, 0.717) is 19.0 Å². The Labute approximate surface area is 178 Å². The zero-order chi connectivity index (χ0) is 20.9. The highest BCUT2D eigenvalue weighted by atomic mass is 16.5. The average molecular weight is 407 g/mol. The Morgan fingerprint density at radius 2 is 1.93 bits per heavy atom. The predicted octanol–water partition coefficient (Wildman–Crippen LogP) is 4.33. The molecule has 158 valence electrons. The van der Waals surface area contributed by atoms with E-state index in [9.17, 15) is 4.79 Å². The van der Waals surface area contributed by atoms with Crippen LogP contribution in [0.25, 0.3) is 0 Å². The smallest absolute Gasteiger partial charge is 0.223 e. The predicted molar refractivity (Wildman–Crippen MR) is 119 cm³/mol. The van der Waals surface area contributed by atoms with Crippen LogP contribution in [0.15, 0.2) is 53.5 Å². The second kappa shape index (κ2) is 9.20. The molecule has 4 rings (SSSR count). The Bertz CT molecular complexity index is 907. The highest BCUT2D eigenvalue weighted by Crippen LogP contribution is 2.32. The molecule has 0 spiro atoms. The van der Waals surface area contributed by atoms with Crippen molar-refractivity contribution in [2.75, 3.05) is 6.54 Å². The molecule has 6 heteroatoms. The van der Waals surface area contributed by atoms with Gasteiger partial charge >= 0.3 is 0 Å². The van der Waals surface area contributed by atoms with Crippen molar-refractivity contribution in [2.45, 2.75) is 51.6 Å².